The fourth-order valence-corrected chi connectivity index (χ4v) is 3.03. The number of piperazine rings is 1. The van der Waals surface area contributed by atoms with Gasteiger partial charge in [0.15, 0.2) is 0 Å². The van der Waals surface area contributed by atoms with Crippen molar-refractivity contribution < 1.29 is 9.53 Å². The number of anilines is 2. The molecule has 126 valence electrons. The average Bonchev–Trinajstić information content (AvgIpc) is 3.06. The Morgan fingerprint density at radius 2 is 2.13 bits per heavy atom. The van der Waals surface area contributed by atoms with Crippen LogP contribution < -0.4 is 10.2 Å². The van der Waals surface area contributed by atoms with Gasteiger partial charge >= 0.3 is 0 Å². The van der Waals surface area contributed by atoms with E-state index in [1.807, 2.05) is 17.9 Å². The van der Waals surface area contributed by atoms with Gasteiger partial charge in [-0.25, -0.2) is 4.98 Å². The van der Waals surface area contributed by atoms with Crippen LogP contribution >= 0.6 is 0 Å². The van der Waals surface area contributed by atoms with Gasteiger partial charge in [-0.05, 0) is 19.8 Å². The zero-order chi connectivity index (χ0) is 16.2. The standard InChI is InChI=1S/C16H25N5O2/c1-12-10-15(17-11-14-4-3-9-23-14)19-16(18-12)21-7-5-20(6-8-21)13(2)22/h10,14H,3-9,11H2,1-2H3,(H,17,18,19). The van der Waals surface area contributed by atoms with Crippen molar-refractivity contribution in [3.8, 4) is 0 Å². The highest BCUT2D eigenvalue weighted by molar-refractivity contribution is 5.73. The monoisotopic (exact) mass is 319 g/mol. The highest BCUT2D eigenvalue weighted by Crippen LogP contribution is 2.17. The Labute approximate surface area is 137 Å². The molecule has 1 aromatic rings. The summed E-state index contributed by atoms with van der Waals surface area (Å²) in [7, 11) is 0. The third-order valence-electron chi connectivity index (χ3n) is 4.39. The van der Waals surface area contributed by atoms with E-state index in [-0.39, 0.29) is 12.0 Å². The molecule has 7 nitrogen and oxygen atoms in total. The minimum absolute atomic E-state index is 0.133. The number of hydrogen-bond acceptors (Lipinski definition) is 6. The van der Waals surface area contributed by atoms with E-state index in [2.05, 4.69) is 20.2 Å². The maximum absolute atomic E-state index is 11.4. The van der Waals surface area contributed by atoms with Gasteiger partial charge in [-0.3, -0.25) is 4.79 Å². The van der Waals surface area contributed by atoms with E-state index >= 15 is 0 Å². The smallest absolute Gasteiger partial charge is 0.227 e. The second-order valence-electron chi connectivity index (χ2n) is 6.20. The van der Waals surface area contributed by atoms with Crippen LogP contribution in [0.5, 0.6) is 0 Å². The van der Waals surface area contributed by atoms with Gasteiger partial charge in [0.25, 0.3) is 0 Å². The van der Waals surface area contributed by atoms with E-state index in [1.165, 1.54) is 0 Å². The molecule has 3 heterocycles. The molecule has 7 heteroatoms. The average molecular weight is 319 g/mol. The van der Waals surface area contributed by atoms with E-state index in [0.717, 1.165) is 69.6 Å². The maximum Gasteiger partial charge on any atom is 0.227 e. The minimum Gasteiger partial charge on any atom is -0.376 e. The van der Waals surface area contributed by atoms with Gasteiger partial charge in [-0.15, -0.1) is 0 Å². The lowest BCUT2D eigenvalue weighted by Gasteiger charge is -2.34. The molecule has 0 aliphatic carbocycles. The molecule has 1 atom stereocenters. The van der Waals surface area contributed by atoms with Crippen molar-refractivity contribution >= 4 is 17.7 Å². The van der Waals surface area contributed by atoms with Crippen LogP contribution in [0.1, 0.15) is 25.5 Å². The lowest BCUT2D eigenvalue weighted by Crippen LogP contribution is -2.48. The molecule has 2 aliphatic heterocycles. The van der Waals surface area contributed by atoms with Gasteiger partial charge in [0.2, 0.25) is 11.9 Å². The highest BCUT2D eigenvalue weighted by Gasteiger charge is 2.21. The Hall–Kier alpha value is -1.89. The van der Waals surface area contributed by atoms with Crippen LogP contribution in [0.2, 0.25) is 0 Å². The fourth-order valence-electron chi connectivity index (χ4n) is 3.03. The normalized spacial score (nSPS) is 21.6. The van der Waals surface area contributed by atoms with Crippen LogP contribution in [0.25, 0.3) is 0 Å². The third-order valence-corrected chi connectivity index (χ3v) is 4.39. The lowest BCUT2D eigenvalue weighted by atomic mass is 10.2. The van der Waals surface area contributed by atoms with Gasteiger partial charge < -0.3 is 19.9 Å². The first-order valence-corrected chi connectivity index (χ1v) is 8.33. The molecule has 1 unspecified atom stereocenters. The molecule has 0 radical (unpaired) electrons. The van der Waals surface area contributed by atoms with Crippen LogP contribution in [0.4, 0.5) is 11.8 Å². The number of rotatable bonds is 4. The van der Waals surface area contributed by atoms with Crippen molar-refractivity contribution in [2.75, 3.05) is 49.5 Å². The molecule has 2 aliphatic rings. The number of carbonyl (C=O) groups excluding carboxylic acids is 1. The van der Waals surface area contributed by atoms with E-state index in [9.17, 15) is 4.79 Å². The van der Waals surface area contributed by atoms with Gasteiger partial charge in [0.1, 0.15) is 5.82 Å². The second kappa shape index (κ2) is 7.12. The summed E-state index contributed by atoms with van der Waals surface area (Å²) in [5.74, 6) is 1.72. The lowest BCUT2D eigenvalue weighted by molar-refractivity contribution is -0.129. The molecule has 0 bridgehead atoms. The molecule has 2 fully saturated rings. The number of nitrogens with one attached hydrogen (secondary N) is 1. The zero-order valence-corrected chi connectivity index (χ0v) is 13.9. The van der Waals surface area contributed by atoms with Crippen molar-refractivity contribution in [3.05, 3.63) is 11.8 Å². The predicted molar refractivity (Wildman–Crippen MR) is 88.7 cm³/mol. The number of carbonyl (C=O) groups is 1. The van der Waals surface area contributed by atoms with E-state index in [4.69, 9.17) is 4.74 Å². The number of amides is 1. The maximum atomic E-state index is 11.4. The van der Waals surface area contributed by atoms with Crippen molar-refractivity contribution in [1.82, 2.24) is 14.9 Å². The second-order valence-corrected chi connectivity index (χ2v) is 6.20. The largest absolute Gasteiger partial charge is 0.376 e. The van der Waals surface area contributed by atoms with Crippen molar-refractivity contribution in [1.29, 1.82) is 0 Å². The third kappa shape index (κ3) is 4.10. The molecule has 3 rings (SSSR count). The van der Waals surface area contributed by atoms with E-state index in [1.54, 1.807) is 6.92 Å². The SMILES string of the molecule is CC(=O)N1CCN(c2nc(C)cc(NCC3CCCO3)n2)CC1. The first kappa shape index (κ1) is 16.0. The summed E-state index contributed by atoms with van der Waals surface area (Å²) >= 11 is 0. The predicted octanol–water partition coefficient (Wildman–Crippen LogP) is 1.04. The number of aromatic nitrogens is 2. The number of nitrogens with zero attached hydrogens (tertiary/aromatic N) is 4. The quantitative estimate of drug-likeness (QED) is 0.894. The number of ether oxygens (including phenoxy) is 1. The van der Waals surface area contributed by atoms with Crippen molar-refractivity contribution in [2.45, 2.75) is 32.8 Å². The molecular formula is C16H25N5O2. The van der Waals surface area contributed by atoms with Crippen LogP contribution in [0.3, 0.4) is 0 Å². The first-order valence-electron chi connectivity index (χ1n) is 8.33. The molecule has 1 amide bonds. The van der Waals surface area contributed by atoms with Gasteiger partial charge in [0, 0.05) is 58.0 Å². The van der Waals surface area contributed by atoms with Gasteiger partial charge in [-0.1, -0.05) is 0 Å². The highest BCUT2D eigenvalue weighted by atomic mass is 16.5. The van der Waals surface area contributed by atoms with Crippen LogP contribution in [-0.4, -0.2) is 66.2 Å². The van der Waals surface area contributed by atoms with Crippen LogP contribution in [-0.2, 0) is 9.53 Å². The topological polar surface area (TPSA) is 70.6 Å². The summed E-state index contributed by atoms with van der Waals surface area (Å²) in [6.07, 6.45) is 2.53. The zero-order valence-electron chi connectivity index (χ0n) is 13.9. The Morgan fingerprint density at radius 3 is 2.78 bits per heavy atom. The summed E-state index contributed by atoms with van der Waals surface area (Å²) in [5.41, 5.74) is 0.943. The Bertz CT molecular complexity index is 551. The summed E-state index contributed by atoms with van der Waals surface area (Å²) in [6.45, 7) is 8.24. The molecular weight excluding hydrogens is 294 g/mol. The summed E-state index contributed by atoms with van der Waals surface area (Å²) < 4.78 is 5.63. The molecule has 23 heavy (non-hydrogen) atoms. The first-order chi connectivity index (χ1) is 11.1. The van der Waals surface area contributed by atoms with Gasteiger partial charge in [0.05, 0.1) is 6.10 Å². The Morgan fingerprint density at radius 1 is 1.35 bits per heavy atom. The van der Waals surface area contributed by atoms with E-state index < -0.39 is 0 Å². The number of aryl methyl sites for hydroxylation is 1. The van der Waals surface area contributed by atoms with Crippen molar-refractivity contribution in [3.63, 3.8) is 0 Å². The number of hydrogen-bond donors (Lipinski definition) is 1. The van der Waals surface area contributed by atoms with Crippen LogP contribution in [0, 0.1) is 6.92 Å². The summed E-state index contributed by atoms with van der Waals surface area (Å²) in [5, 5.41) is 3.37. The fraction of sp³-hybridized carbons (Fsp3) is 0.688. The molecule has 0 spiro atoms. The van der Waals surface area contributed by atoms with Crippen LogP contribution in [0.15, 0.2) is 6.07 Å². The summed E-state index contributed by atoms with van der Waals surface area (Å²) in [6, 6.07) is 1.96. The molecule has 1 N–H and O–H groups in total. The van der Waals surface area contributed by atoms with Crippen molar-refractivity contribution in [2.24, 2.45) is 0 Å². The molecule has 0 aromatic carbocycles. The molecule has 0 saturated carbocycles. The van der Waals surface area contributed by atoms with Gasteiger partial charge in [-0.2, -0.15) is 4.98 Å². The summed E-state index contributed by atoms with van der Waals surface area (Å²) in [4.78, 5) is 24.6. The Kier molecular flexibility index (Phi) is 4.95. The molecule has 2 saturated heterocycles. The minimum atomic E-state index is 0.133. The van der Waals surface area contributed by atoms with E-state index in [0.29, 0.717) is 0 Å². The molecule has 1 aromatic heterocycles. The Balaban J connectivity index is 1.62.